The van der Waals surface area contributed by atoms with Gasteiger partial charge < -0.3 is 10.9 Å². The molecule has 0 aromatic heterocycles. The molecule has 0 heterocycles. The molecule has 84 valence electrons. The van der Waals surface area contributed by atoms with Crippen molar-refractivity contribution in [2.75, 3.05) is 5.43 Å². The van der Waals surface area contributed by atoms with Crippen LogP contribution in [0.4, 0.5) is 10.1 Å². The molecule has 0 fully saturated rings. The molecule has 0 amide bonds. The first kappa shape index (κ1) is 10.7. The molecule has 3 nitrogen and oxygen atoms in total. The van der Waals surface area contributed by atoms with Crippen molar-refractivity contribution >= 4 is 11.5 Å². The van der Waals surface area contributed by atoms with Gasteiger partial charge in [0.25, 0.3) is 0 Å². The Morgan fingerprint density at radius 3 is 2.50 bits per heavy atom. The molecular formula is C12H13FN2O. The molecule has 0 aliphatic heterocycles. The smallest absolute Gasteiger partial charge is 0.157 e. The van der Waals surface area contributed by atoms with Gasteiger partial charge in [-0.05, 0) is 37.1 Å². The maximum absolute atomic E-state index is 12.6. The third kappa shape index (κ3) is 2.82. The van der Waals surface area contributed by atoms with E-state index in [1.54, 1.807) is 18.2 Å². The van der Waals surface area contributed by atoms with Crippen molar-refractivity contribution in [2.45, 2.75) is 19.3 Å². The van der Waals surface area contributed by atoms with Crippen LogP contribution in [0.5, 0.6) is 0 Å². The number of carbonyl (C=O) groups excluding carboxylic acids is 1. The van der Waals surface area contributed by atoms with Crippen LogP contribution in [0.2, 0.25) is 0 Å². The quantitative estimate of drug-likeness (QED) is 0.768. The van der Waals surface area contributed by atoms with Gasteiger partial charge in [0.05, 0.1) is 5.69 Å². The number of hydrogen-bond donors (Lipinski definition) is 2. The summed E-state index contributed by atoms with van der Waals surface area (Å²) in [5, 5.41) is 0. The number of anilines is 1. The molecule has 0 bridgehead atoms. The van der Waals surface area contributed by atoms with Crippen LogP contribution in [0.25, 0.3) is 0 Å². The fourth-order valence-electron chi connectivity index (χ4n) is 1.58. The third-order valence-corrected chi connectivity index (χ3v) is 2.42. The molecule has 16 heavy (non-hydrogen) atoms. The fourth-order valence-corrected chi connectivity index (χ4v) is 1.58. The Bertz CT molecular complexity index is 412. The minimum absolute atomic E-state index is 0.148. The van der Waals surface area contributed by atoms with Gasteiger partial charge in [0.1, 0.15) is 5.82 Å². The second kappa shape index (κ2) is 4.79. The Morgan fingerprint density at radius 2 is 1.81 bits per heavy atom. The zero-order valence-corrected chi connectivity index (χ0v) is 8.79. The molecule has 0 spiro atoms. The normalized spacial score (nSPS) is 15.6. The predicted octanol–water partition coefficient (Wildman–Crippen LogP) is 2.38. The van der Waals surface area contributed by atoms with Gasteiger partial charge in [0, 0.05) is 18.2 Å². The van der Waals surface area contributed by atoms with Crippen molar-refractivity contribution in [3.63, 3.8) is 0 Å². The maximum atomic E-state index is 12.6. The summed E-state index contributed by atoms with van der Waals surface area (Å²) in [4.78, 5) is 11.1. The molecule has 1 aromatic rings. The number of nitrogens with one attached hydrogen (secondary N) is 2. The lowest BCUT2D eigenvalue weighted by Gasteiger charge is -2.15. The average Bonchev–Trinajstić information content (AvgIpc) is 2.28. The van der Waals surface area contributed by atoms with Gasteiger partial charge in [0.2, 0.25) is 0 Å². The Hall–Kier alpha value is -1.84. The number of allylic oxidation sites excluding steroid dienone is 2. The number of hydrazine groups is 1. The van der Waals surface area contributed by atoms with Crippen LogP contribution in [0, 0.1) is 5.82 Å². The van der Waals surface area contributed by atoms with Crippen LogP contribution in [-0.2, 0) is 4.79 Å². The van der Waals surface area contributed by atoms with Crippen molar-refractivity contribution in [2.24, 2.45) is 0 Å². The minimum atomic E-state index is -0.266. The molecule has 1 aliphatic rings. The van der Waals surface area contributed by atoms with Gasteiger partial charge in [0.15, 0.2) is 5.78 Å². The molecule has 0 unspecified atom stereocenters. The van der Waals surface area contributed by atoms with E-state index in [2.05, 4.69) is 10.9 Å². The first-order valence-electron chi connectivity index (χ1n) is 5.25. The zero-order chi connectivity index (χ0) is 11.4. The summed E-state index contributed by atoms with van der Waals surface area (Å²) in [6.45, 7) is 0. The van der Waals surface area contributed by atoms with Crippen LogP contribution in [0.15, 0.2) is 36.0 Å². The SMILES string of the molecule is O=C1C=C(NNc2ccc(F)cc2)CCC1. The summed E-state index contributed by atoms with van der Waals surface area (Å²) >= 11 is 0. The molecule has 1 aromatic carbocycles. The van der Waals surface area contributed by atoms with Crippen molar-refractivity contribution in [1.82, 2.24) is 5.43 Å². The highest BCUT2D eigenvalue weighted by Crippen LogP contribution is 2.13. The van der Waals surface area contributed by atoms with Crippen molar-refractivity contribution in [3.8, 4) is 0 Å². The zero-order valence-electron chi connectivity index (χ0n) is 8.79. The van der Waals surface area contributed by atoms with Crippen LogP contribution in [-0.4, -0.2) is 5.78 Å². The summed E-state index contributed by atoms with van der Waals surface area (Å²) in [6.07, 6.45) is 3.98. The van der Waals surface area contributed by atoms with Crippen LogP contribution >= 0.6 is 0 Å². The molecule has 2 N–H and O–H groups in total. The number of benzene rings is 1. The van der Waals surface area contributed by atoms with Crippen molar-refractivity contribution in [1.29, 1.82) is 0 Å². The largest absolute Gasteiger partial charge is 0.305 e. The Kier molecular flexibility index (Phi) is 3.19. The fraction of sp³-hybridized carbons (Fsp3) is 0.250. The number of hydrogen-bond acceptors (Lipinski definition) is 3. The van der Waals surface area contributed by atoms with Crippen molar-refractivity contribution < 1.29 is 9.18 Å². The first-order valence-corrected chi connectivity index (χ1v) is 5.25. The van der Waals surface area contributed by atoms with Crippen molar-refractivity contribution in [3.05, 3.63) is 41.9 Å². The minimum Gasteiger partial charge on any atom is -0.305 e. The third-order valence-electron chi connectivity index (χ3n) is 2.42. The molecule has 0 saturated carbocycles. The summed E-state index contributed by atoms with van der Waals surface area (Å²) in [6, 6.07) is 6.02. The molecule has 0 radical (unpaired) electrons. The number of halogens is 1. The molecule has 1 aliphatic carbocycles. The van der Waals surface area contributed by atoms with Gasteiger partial charge in [-0.2, -0.15) is 0 Å². The van der Waals surface area contributed by atoms with E-state index < -0.39 is 0 Å². The maximum Gasteiger partial charge on any atom is 0.157 e. The van der Waals surface area contributed by atoms with E-state index in [4.69, 9.17) is 0 Å². The lowest BCUT2D eigenvalue weighted by molar-refractivity contribution is -0.115. The van der Waals surface area contributed by atoms with Gasteiger partial charge in [-0.25, -0.2) is 4.39 Å². The predicted molar refractivity (Wildman–Crippen MR) is 60.1 cm³/mol. The van der Waals surface area contributed by atoms with E-state index in [0.717, 1.165) is 24.2 Å². The van der Waals surface area contributed by atoms with E-state index in [-0.39, 0.29) is 11.6 Å². The monoisotopic (exact) mass is 220 g/mol. The molecular weight excluding hydrogens is 207 g/mol. The summed E-state index contributed by atoms with van der Waals surface area (Å²) in [5.74, 6) is -0.118. The average molecular weight is 220 g/mol. The van der Waals surface area contributed by atoms with Crippen LogP contribution in [0.3, 0.4) is 0 Å². The van der Waals surface area contributed by atoms with Crippen LogP contribution in [0.1, 0.15) is 19.3 Å². The lowest BCUT2D eigenvalue weighted by Crippen LogP contribution is -2.23. The lowest BCUT2D eigenvalue weighted by atomic mass is 10.0. The highest BCUT2D eigenvalue weighted by molar-refractivity contribution is 5.91. The number of carbonyl (C=O) groups is 1. The van der Waals surface area contributed by atoms with E-state index in [0.29, 0.717) is 6.42 Å². The highest BCUT2D eigenvalue weighted by Gasteiger charge is 2.08. The van der Waals surface area contributed by atoms with E-state index in [1.165, 1.54) is 12.1 Å². The van der Waals surface area contributed by atoms with E-state index in [9.17, 15) is 9.18 Å². The summed E-state index contributed by atoms with van der Waals surface area (Å²) in [5.41, 5.74) is 7.52. The number of rotatable bonds is 3. The first-order chi connectivity index (χ1) is 7.74. The van der Waals surface area contributed by atoms with Gasteiger partial charge in [-0.3, -0.25) is 4.79 Å². The number of ketones is 1. The van der Waals surface area contributed by atoms with Gasteiger partial charge in [-0.15, -0.1) is 0 Å². The Labute approximate surface area is 93.3 Å². The van der Waals surface area contributed by atoms with E-state index in [1.807, 2.05) is 0 Å². The summed E-state index contributed by atoms with van der Waals surface area (Å²) in [7, 11) is 0. The molecule has 2 rings (SSSR count). The Morgan fingerprint density at radius 1 is 1.06 bits per heavy atom. The summed E-state index contributed by atoms with van der Waals surface area (Å²) < 4.78 is 12.6. The topological polar surface area (TPSA) is 41.1 Å². The molecule has 0 saturated heterocycles. The van der Waals surface area contributed by atoms with E-state index >= 15 is 0 Å². The van der Waals surface area contributed by atoms with Crippen LogP contribution < -0.4 is 10.9 Å². The standard InChI is InChI=1S/C12H13FN2O/c13-9-4-6-10(7-5-9)14-15-11-2-1-3-12(16)8-11/h4-8,14-15H,1-3H2. The molecule has 4 heteroatoms. The second-order valence-electron chi connectivity index (χ2n) is 3.75. The molecule has 0 atom stereocenters. The Balaban J connectivity index is 1.92. The second-order valence-corrected chi connectivity index (χ2v) is 3.75. The highest BCUT2D eigenvalue weighted by atomic mass is 19.1. The van der Waals surface area contributed by atoms with Gasteiger partial charge in [-0.1, -0.05) is 0 Å². The van der Waals surface area contributed by atoms with Gasteiger partial charge >= 0.3 is 0 Å².